The number of hydrogen-bond acceptors (Lipinski definition) is 1. The molecule has 1 aliphatic heterocycles. The van der Waals surface area contributed by atoms with Crippen molar-refractivity contribution in [3.05, 3.63) is 71.8 Å². The summed E-state index contributed by atoms with van der Waals surface area (Å²) in [6.45, 7) is 0. The van der Waals surface area contributed by atoms with Crippen LogP contribution in [0.25, 0.3) is 0 Å². The molecule has 1 heterocycles. The fourth-order valence-electron chi connectivity index (χ4n) is 3.11. The first kappa shape index (κ1) is 11.8. The smallest absolute Gasteiger partial charge is 0.184 e. The van der Waals surface area contributed by atoms with Crippen molar-refractivity contribution < 1.29 is 4.74 Å². The molecule has 0 amide bonds. The standard InChI is InChI=1S/C19H16O/c1-3-8-16(9-4-1)12-15-19(17-10-5-2-6-11-17)18(20-19)13-7-14-18/h1-6,8-11H,7,13-14H2. The van der Waals surface area contributed by atoms with E-state index >= 15 is 0 Å². The van der Waals surface area contributed by atoms with Gasteiger partial charge in [0.05, 0.1) is 0 Å². The summed E-state index contributed by atoms with van der Waals surface area (Å²) in [5.74, 6) is 6.72. The van der Waals surface area contributed by atoms with Gasteiger partial charge in [0.15, 0.2) is 5.60 Å². The summed E-state index contributed by atoms with van der Waals surface area (Å²) in [6.07, 6.45) is 3.51. The second-order valence-corrected chi connectivity index (χ2v) is 5.61. The number of rotatable bonds is 1. The van der Waals surface area contributed by atoms with E-state index in [4.69, 9.17) is 4.74 Å². The van der Waals surface area contributed by atoms with E-state index in [9.17, 15) is 0 Å². The maximum Gasteiger partial charge on any atom is 0.184 e. The molecule has 0 radical (unpaired) electrons. The zero-order valence-corrected chi connectivity index (χ0v) is 11.3. The summed E-state index contributed by atoms with van der Waals surface area (Å²) in [7, 11) is 0. The zero-order valence-electron chi connectivity index (χ0n) is 11.3. The van der Waals surface area contributed by atoms with E-state index in [0.29, 0.717) is 0 Å². The van der Waals surface area contributed by atoms with Crippen LogP contribution in [-0.2, 0) is 10.3 Å². The molecule has 1 saturated heterocycles. The Morgan fingerprint density at radius 1 is 0.850 bits per heavy atom. The van der Waals surface area contributed by atoms with E-state index in [1.54, 1.807) is 0 Å². The molecule has 1 atom stereocenters. The van der Waals surface area contributed by atoms with Gasteiger partial charge in [0.2, 0.25) is 0 Å². The lowest BCUT2D eigenvalue weighted by molar-refractivity contribution is 0.196. The monoisotopic (exact) mass is 260 g/mol. The molecule has 0 aromatic heterocycles. The van der Waals surface area contributed by atoms with Crippen molar-refractivity contribution in [3.63, 3.8) is 0 Å². The highest BCUT2D eigenvalue weighted by atomic mass is 16.6. The highest BCUT2D eigenvalue weighted by molar-refractivity contribution is 5.48. The molecular formula is C19H16O. The van der Waals surface area contributed by atoms with Gasteiger partial charge >= 0.3 is 0 Å². The number of hydrogen-bond donors (Lipinski definition) is 0. The van der Waals surface area contributed by atoms with Crippen LogP contribution in [0.5, 0.6) is 0 Å². The summed E-state index contributed by atoms with van der Waals surface area (Å²) >= 11 is 0. The van der Waals surface area contributed by atoms with Crippen LogP contribution in [0.15, 0.2) is 60.7 Å². The Balaban J connectivity index is 1.74. The topological polar surface area (TPSA) is 12.5 Å². The van der Waals surface area contributed by atoms with Gasteiger partial charge in [-0.25, -0.2) is 0 Å². The average Bonchev–Trinajstić information content (AvgIpc) is 3.19. The van der Waals surface area contributed by atoms with Gasteiger partial charge in [-0.3, -0.25) is 0 Å². The quantitative estimate of drug-likeness (QED) is 0.560. The van der Waals surface area contributed by atoms with Gasteiger partial charge in [-0.2, -0.15) is 0 Å². The second-order valence-electron chi connectivity index (χ2n) is 5.61. The van der Waals surface area contributed by atoms with Crippen molar-refractivity contribution in [1.29, 1.82) is 0 Å². The second kappa shape index (κ2) is 4.23. The van der Waals surface area contributed by atoms with E-state index in [1.165, 1.54) is 12.0 Å². The van der Waals surface area contributed by atoms with Crippen LogP contribution in [-0.4, -0.2) is 5.60 Å². The fourth-order valence-corrected chi connectivity index (χ4v) is 3.11. The highest BCUT2D eigenvalue weighted by Gasteiger charge is 2.72. The third-order valence-corrected chi connectivity index (χ3v) is 4.45. The molecule has 98 valence electrons. The Labute approximate surface area is 119 Å². The summed E-state index contributed by atoms with van der Waals surface area (Å²) in [5.41, 5.74) is 1.87. The highest BCUT2D eigenvalue weighted by Crippen LogP contribution is 2.65. The molecule has 20 heavy (non-hydrogen) atoms. The molecule has 2 fully saturated rings. The van der Waals surface area contributed by atoms with Crippen molar-refractivity contribution in [2.75, 3.05) is 0 Å². The lowest BCUT2D eigenvalue weighted by Crippen LogP contribution is -2.30. The Kier molecular flexibility index (Phi) is 2.49. The molecule has 1 nitrogen and oxygen atoms in total. The van der Waals surface area contributed by atoms with Crippen LogP contribution in [0, 0.1) is 11.8 Å². The lowest BCUT2D eigenvalue weighted by atomic mass is 9.73. The third-order valence-electron chi connectivity index (χ3n) is 4.45. The van der Waals surface area contributed by atoms with E-state index < -0.39 is 0 Å². The van der Waals surface area contributed by atoms with Gasteiger partial charge in [-0.15, -0.1) is 0 Å². The van der Waals surface area contributed by atoms with E-state index in [1.807, 2.05) is 36.4 Å². The molecule has 1 heteroatoms. The number of ether oxygens (including phenoxy) is 1. The predicted molar refractivity (Wildman–Crippen MR) is 79.1 cm³/mol. The predicted octanol–water partition coefficient (Wildman–Crippen LogP) is 3.89. The Morgan fingerprint density at radius 3 is 2.05 bits per heavy atom. The largest absolute Gasteiger partial charge is 0.344 e. The van der Waals surface area contributed by atoms with Crippen molar-refractivity contribution in [1.82, 2.24) is 0 Å². The van der Waals surface area contributed by atoms with Gasteiger partial charge in [0.1, 0.15) is 5.60 Å². The molecule has 2 aromatic rings. The maximum absolute atomic E-state index is 6.16. The molecule has 2 aliphatic rings. The maximum atomic E-state index is 6.16. The van der Waals surface area contributed by atoms with Gasteiger partial charge in [-0.1, -0.05) is 60.4 Å². The molecule has 4 rings (SSSR count). The molecule has 0 bridgehead atoms. The summed E-state index contributed by atoms with van der Waals surface area (Å²) < 4.78 is 6.16. The summed E-state index contributed by atoms with van der Waals surface area (Å²) in [5, 5.41) is 0. The van der Waals surface area contributed by atoms with E-state index in [-0.39, 0.29) is 11.2 Å². The molecule has 1 spiro atoms. The average molecular weight is 260 g/mol. The van der Waals surface area contributed by atoms with Crippen LogP contribution in [0.2, 0.25) is 0 Å². The lowest BCUT2D eigenvalue weighted by Gasteiger charge is -2.24. The van der Waals surface area contributed by atoms with Crippen LogP contribution < -0.4 is 0 Å². The van der Waals surface area contributed by atoms with E-state index in [0.717, 1.165) is 18.4 Å². The molecular weight excluding hydrogens is 244 g/mol. The molecule has 0 N–H and O–H groups in total. The minimum absolute atomic E-state index is 0.00384. The van der Waals surface area contributed by atoms with Crippen molar-refractivity contribution in [2.24, 2.45) is 0 Å². The van der Waals surface area contributed by atoms with Crippen LogP contribution in [0.4, 0.5) is 0 Å². The number of benzene rings is 2. The summed E-state index contributed by atoms with van der Waals surface area (Å²) in [6, 6.07) is 20.6. The normalized spacial score (nSPS) is 25.4. The SMILES string of the molecule is C(#CC1(c2ccccc2)OC12CCC2)c1ccccc1. The first-order valence-corrected chi connectivity index (χ1v) is 7.19. The van der Waals surface area contributed by atoms with Crippen LogP contribution in [0.3, 0.4) is 0 Å². The Bertz CT molecular complexity index is 674. The molecule has 1 aliphatic carbocycles. The first-order chi connectivity index (χ1) is 9.85. The molecule has 1 unspecified atom stereocenters. The molecule has 1 saturated carbocycles. The Morgan fingerprint density at radius 2 is 1.50 bits per heavy atom. The van der Waals surface area contributed by atoms with Crippen molar-refractivity contribution in [2.45, 2.75) is 30.5 Å². The van der Waals surface area contributed by atoms with Crippen LogP contribution in [0.1, 0.15) is 30.4 Å². The van der Waals surface area contributed by atoms with E-state index in [2.05, 4.69) is 36.1 Å². The van der Waals surface area contributed by atoms with Crippen molar-refractivity contribution >= 4 is 0 Å². The number of epoxide rings is 1. The zero-order chi connectivity index (χ0) is 13.5. The van der Waals surface area contributed by atoms with Gasteiger partial charge in [0, 0.05) is 5.56 Å². The van der Waals surface area contributed by atoms with Crippen LogP contribution >= 0.6 is 0 Å². The Hall–Kier alpha value is -2.04. The minimum Gasteiger partial charge on any atom is -0.344 e. The summed E-state index contributed by atoms with van der Waals surface area (Å²) in [4.78, 5) is 0. The van der Waals surface area contributed by atoms with Crippen molar-refractivity contribution in [3.8, 4) is 11.8 Å². The first-order valence-electron chi connectivity index (χ1n) is 7.19. The third kappa shape index (κ3) is 1.62. The van der Waals surface area contributed by atoms with Gasteiger partial charge < -0.3 is 4.74 Å². The minimum atomic E-state index is -0.373. The van der Waals surface area contributed by atoms with Gasteiger partial charge in [0.25, 0.3) is 0 Å². The fraction of sp³-hybridized carbons (Fsp3) is 0.263. The van der Waals surface area contributed by atoms with Gasteiger partial charge in [-0.05, 0) is 37.0 Å². The molecule has 2 aromatic carbocycles.